The summed E-state index contributed by atoms with van der Waals surface area (Å²) in [7, 11) is -2.37. The van der Waals surface area contributed by atoms with Crippen LogP contribution in [-0.2, 0) is 39.1 Å². The average Bonchev–Trinajstić information content (AvgIpc) is 3.15. The molecular formula is C20H33N4O10P. The molecule has 0 bridgehead atoms. The minimum Gasteiger partial charge on any atom is -0.450 e. The van der Waals surface area contributed by atoms with Gasteiger partial charge in [-0.25, -0.2) is 24.5 Å². The predicted octanol–water partition coefficient (Wildman–Crippen LogP) is 3.96. The molecule has 2 atom stereocenters. The molecule has 198 valence electrons. The third-order valence-electron chi connectivity index (χ3n) is 3.93. The topological polar surface area (TPSA) is 170 Å². The number of ether oxygens (including phenoxy) is 4. The summed E-state index contributed by atoms with van der Waals surface area (Å²) < 4.78 is 43.5. The van der Waals surface area contributed by atoms with E-state index in [0.717, 1.165) is 5.69 Å². The number of rotatable bonds is 11. The summed E-state index contributed by atoms with van der Waals surface area (Å²) in [5, 5.41) is 7.86. The highest BCUT2D eigenvalue weighted by Crippen LogP contribution is 2.47. The predicted molar refractivity (Wildman–Crippen MR) is 123 cm³/mol. The zero-order valence-electron chi connectivity index (χ0n) is 20.9. The molecule has 15 heteroatoms. The Labute approximate surface area is 203 Å². The van der Waals surface area contributed by atoms with Crippen molar-refractivity contribution in [1.82, 2.24) is 19.5 Å². The first-order valence-corrected chi connectivity index (χ1v) is 12.4. The SMILES string of the molecule is CC(C)OC(=O)O.COP(=O)(CO[C@H](C)Cn1cnc2c(C)ncnc21)OCOC(=O)OC(C)C. The number of hydrogen-bond donors (Lipinski definition) is 1. The van der Waals surface area contributed by atoms with Crippen molar-refractivity contribution in [2.45, 2.75) is 66.4 Å². The maximum absolute atomic E-state index is 12.5. The van der Waals surface area contributed by atoms with E-state index in [0.29, 0.717) is 17.7 Å². The third kappa shape index (κ3) is 11.5. The normalized spacial score (nSPS) is 13.6. The van der Waals surface area contributed by atoms with E-state index < -0.39 is 26.7 Å². The summed E-state index contributed by atoms with van der Waals surface area (Å²) >= 11 is 0. The monoisotopic (exact) mass is 520 g/mol. The molecule has 0 fully saturated rings. The summed E-state index contributed by atoms with van der Waals surface area (Å²) in [6.45, 7) is 10.2. The number of fused-ring (bicyclic) bond motifs is 1. The van der Waals surface area contributed by atoms with Crippen molar-refractivity contribution < 1.29 is 47.3 Å². The van der Waals surface area contributed by atoms with Crippen molar-refractivity contribution in [3.05, 3.63) is 18.3 Å². The second kappa shape index (κ2) is 14.6. The highest BCUT2D eigenvalue weighted by Gasteiger charge is 2.26. The van der Waals surface area contributed by atoms with Gasteiger partial charge in [0.25, 0.3) is 0 Å². The first-order valence-electron chi connectivity index (χ1n) is 10.6. The molecule has 14 nitrogen and oxygen atoms in total. The first kappa shape index (κ1) is 30.2. The molecule has 0 radical (unpaired) electrons. The zero-order chi connectivity index (χ0) is 26.6. The van der Waals surface area contributed by atoms with Gasteiger partial charge in [0.2, 0.25) is 6.79 Å². The Morgan fingerprint density at radius 1 is 1.09 bits per heavy atom. The van der Waals surface area contributed by atoms with Crippen molar-refractivity contribution in [2.24, 2.45) is 0 Å². The van der Waals surface area contributed by atoms with Gasteiger partial charge < -0.3 is 33.1 Å². The van der Waals surface area contributed by atoms with Gasteiger partial charge in [-0.15, -0.1) is 0 Å². The van der Waals surface area contributed by atoms with Crippen LogP contribution in [0.3, 0.4) is 0 Å². The van der Waals surface area contributed by atoms with Gasteiger partial charge in [0.1, 0.15) is 18.2 Å². The summed E-state index contributed by atoms with van der Waals surface area (Å²) in [6, 6.07) is 0. The minimum atomic E-state index is -3.60. The highest BCUT2D eigenvalue weighted by molar-refractivity contribution is 7.53. The highest BCUT2D eigenvalue weighted by atomic mass is 31.2. The second-order valence-electron chi connectivity index (χ2n) is 7.67. The van der Waals surface area contributed by atoms with Crippen LogP contribution in [0.2, 0.25) is 0 Å². The molecule has 0 aromatic carbocycles. The molecule has 0 saturated heterocycles. The van der Waals surface area contributed by atoms with Crippen molar-refractivity contribution in [2.75, 3.05) is 20.3 Å². The number of carbonyl (C=O) groups excluding carboxylic acids is 1. The van der Waals surface area contributed by atoms with E-state index in [1.807, 2.05) is 11.5 Å². The number of carbonyl (C=O) groups is 2. The smallest absolute Gasteiger partial charge is 0.450 e. The Morgan fingerprint density at radius 2 is 1.74 bits per heavy atom. The molecule has 35 heavy (non-hydrogen) atoms. The minimum absolute atomic E-state index is 0.225. The first-order chi connectivity index (χ1) is 16.4. The van der Waals surface area contributed by atoms with Crippen LogP contribution >= 0.6 is 7.60 Å². The van der Waals surface area contributed by atoms with Crippen LogP contribution in [0.15, 0.2) is 12.7 Å². The lowest BCUT2D eigenvalue weighted by Crippen LogP contribution is -2.19. The second-order valence-corrected chi connectivity index (χ2v) is 9.77. The Bertz CT molecular complexity index is 997. The summed E-state index contributed by atoms with van der Waals surface area (Å²) in [4.78, 5) is 33.5. The Morgan fingerprint density at radius 3 is 2.29 bits per heavy atom. The fourth-order valence-electron chi connectivity index (χ4n) is 2.41. The van der Waals surface area contributed by atoms with E-state index in [1.54, 1.807) is 40.9 Å². The molecule has 0 spiro atoms. The molecule has 1 unspecified atom stereocenters. The molecule has 2 aromatic heterocycles. The van der Waals surface area contributed by atoms with Crippen LogP contribution in [0.5, 0.6) is 0 Å². The molecule has 1 N–H and O–H groups in total. The number of imidazole rings is 1. The average molecular weight is 520 g/mol. The van der Waals surface area contributed by atoms with E-state index in [2.05, 4.69) is 24.4 Å². The molecule has 0 aliphatic rings. The van der Waals surface area contributed by atoms with E-state index in [9.17, 15) is 14.2 Å². The van der Waals surface area contributed by atoms with Gasteiger partial charge in [-0.1, -0.05) is 0 Å². The Kier molecular flexibility index (Phi) is 12.6. The number of carboxylic acid groups (broad SMARTS) is 1. The van der Waals surface area contributed by atoms with E-state index >= 15 is 0 Å². The molecule has 0 aliphatic heterocycles. The van der Waals surface area contributed by atoms with Gasteiger partial charge in [-0.3, -0.25) is 9.09 Å². The number of aromatic nitrogens is 4. The number of hydrogen-bond acceptors (Lipinski definition) is 12. The summed E-state index contributed by atoms with van der Waals surface area (Å²) in [5.74, 6) is 0. The van der Waals surface area contributed by atoms with Gasteiger partial charge in [0, 0.05) is 7.11 Å². The van der Waals surface area contributed by atoms with Gasteiger partial charge in [0.05, 0.1) is 36.9 Å². The van der Waals surface area contributed by atoms with Gasteiger partial charge in [-0.05, 0) is 41.5 Å². The molecule has 2 heterocycles. The Hall–Kier alpha value is -2.80. The van der Waals surface area contributed by atoms with Crippen LogP contribution in [0.25, 0.3) is 11.2 Å². The summed E-state index contributed by atoms with van der Waals surface area (Å²) in [5.41, 5.74) is 2.18. The fourth-order valence-corrected chi connectivity index (χ4v) is 3.34. The van der Waals surface area contributed by atoms with Crippen LogP contribution in [0.1, 0.15) is 40.3 Å². The lowest BCUT2D eigenvalue weighted by molar-refractivity contribution is -0.0167. The maximum Gasteiger partial charge on any atom is 0.510 e. The van der Waals surface area contributed by atoms with Crippen molar-refractivity contribution in [1.29, 1.82) is 0 Å². The van der Waals surface area contributed by atoms with Crippen molar-refractivity contribution in [3.8, 4) is 0 Å². The Balaban J connectivity index is 0.000000762. The van der Waals surface area contributed by atoms with Gasteiger partial charge >= 0.3 is 19.9 Å². The van der Waals surface area contributed by atoms with E-state index in [4.69, 9.17) is 23.6 Å². The number of nitrogens with zero attached hydrogens (tertiary/aromatic N) is 4. The standard InChI is InChI=1S/C16H25N4O7P.C4H8O3/c1-11(2)27-16(21)24-9-26-28(22,23-5)10-25-12(3)6-20-8-19-14-13(4)17-7-18-15(14)20;1-3(2)7-4(5)6/h7-8,11-12H,6,9-10H2,1-5H3;3H,1-2H3,(H,5,6)/t12-,28?;/m1./s1. The maximum atomic E-state index is 12.5. The van der Waals surface area contributed by atoms with Crippen LogP contribution in [-0.4, -0.2) is 75.5 Å². The van der Waals surface area contributed by atoms with E-state index in [-0.39, 0.29) is 24.7 Å². The molecular weight excluding hydrogens is 487 g/mol. The summed E-state index contributed by atoms with van der Waals surface area (Å²) in [6.07, 6.45) is -0.228. The molecule has 0 amide bonds. The van der Waals surface area contributed by atoms with Crippen molar-refractivity contribution >= 4 is 31.1 Å². The zero-order valence-corrected chi connectivity index (χ0v) is 21.8. The van der Waals surface area contributed by atoms with Crippen LogP contribution in [0, 0.1) is 6.92 Å². The molecule has 2 rings (SSSR count). The van der Waals surface area contributed by atoms with Crippen molar-refractivity contribution in [3.63, 3.8) is 0 Å². The molecule has 2 aromatic rings. The fraction of sp³-hybridized carbons (Fsp3) is 0.650. The lowest BCUT2D eigenvalue weighted by Gasteiger charge is -2.19. The lowest BCUT2D eigenvalue weighted by atomic mass is 10.4. The molecule has 0 saturated carbocycles. The van der Waals surface area contributed by atoms with Gasteiger partial charge in [0.15, 0.2) is 5.65 Å². The number of aryl methyl sites for hydroxylation is 1. The van der Waals surface area contributed by atoms with E-state index in [1.165, 1.54) is 13.4 Å². The third-order valence-corrected chi connectivity index (χ3v) is 5.45. The van der Waals surface area contributed by atoms with Gasteiger partial charge in [-0.2, -0.15) is 0 Å². The quantitative estimate of drug-likeness (QED) is 0.257. The van der Waals surface area contributed by atoms with Crippen LogP contribution < -0.4 is 0 Å². The molecule has 0 aliphatic carbocycles. The largest absolute Gasteiger partial charge is 0.510 e. The van der Waals surface area contributed by atoms with Crippen LogP contribution in [0.4, 0.5) is 9.59 Å².